The normalized spacial score (nSPS) is 43.5. The van der Waals surface area contributed by atoms with E-state index in [0.717, 1.165) is 12.8 Å². The fourth-order valence-electron chi connectivity index (χ4n) is 5.66. The van der Waals surface area contributed by atoms with E-state index in [1.807, 2.05) is 4.90 Å². The van der Waals surface area contributed by atoms with Gasteiger partial charge in [-0.05, 0) is 38.6 Å². The van der Waals surface area contributed by atoms with Crippen molar-refractivity contribution in [2.24, 2.45) is 17.6 Å². The van der Waals surface area contributed by atoms with E-state index in [2.05, 4.69) is 16.2 Å². The van der Waals surface area contributed by atoms with Crippen LogP contribution in [0.5, 0.6) is 0 Å². The highest BCUT2D eigenvalue weighted by Gasteiger charge is 2.55. The lowest BCUT2D eigenvalue weighted by atomic mass is 9.85. The molecular formula is C19H31F6N5O. The molecule has 0 saturated carbocycles. The molecule has 8 atom stereocenters. The highest BCUT2D eigenvalue weighted by atomic mass is 19.4. The predicted octanol–water partition coefficient (Wildman–Crippen LogP) is 2.56. The van der Waals surface area contributed by atoms with E-state index in [9.17, 15) is 26.3 Å². The van der Waals surface area contributed by atoms with Gasteiger partial charge in [0.05, 0.1) is 24.0 Å². The van der Waals surface area contributed by atoms with Gasteiger partial charge < -0.3 is 10.5 Å². The first-order valence-electron chi connectivity index (χ1n) is 11.1. The van der Waals surface area contributed by atoms with Crippen LogP contribution in [0.3, 0.4) is 0 Å². The smallest absolute Gasteiger partial charge is 0.340 e. The molecule has 4 saturated heterocycles. The minimum Gasteiger partial charge on any atom is -0.340 e. The van der Waals surface area contributed by atoms with Crippen LogP contribution in [-0.4, -0.2) is 60.5 Å². The van der Waals surface area contributed by atoms with E-state index in [1.165, 1.54) is 0 Å². The SMILES string of the molecule is NC1CC(C(F)(F)F)C2NC1C1NNC(O1)[C@H](C(F)(F)F)CCCCC[C@@H]1CCCN21. The molecular weight excluding hydrogens is 428 g/mol. The number of nitrogens with one attached hydrogen (secondary N) is 3. The lowest BCUT2D eigenvalue weighted by Gasteiger charge is -2.48. The molecule has 4 bridgehead atoms. The molecule has 5 N–H and O–H groups in total. The predicted molar refractivity (Wildman–Crippen MR) is 100 cm³/mol. The Morgan fingerprint density at radius 2 is 1.45 bits per heavy atom. The fourth-order valence-corrected chi connectivity index (χ4v) is 5.66. The van der Waals surface area contributed by atoms with Gasteiger partial charge in [0.15, 0.2) is 0 Å². The van der Waals surface area contributed by atoms with Crippen molar-refractivity contribution in [1.82, 2.24) is 21.1 Å². The van der Waals surface area contributed by atoms with Gasteiger partial charge in [0, 0.05) is 12.1 Å². The van der Waals surface area contributed by atoms with E-state index >= 15 is 0 Å². The molecule has 0 aromatic heterocycles. The minimum absolute atomic E-state index is 0.0120. The van der Waals surface area contributed by atoms with E-state index in [-0.39, 0.29) is 18.9 Å². The summed E-state index contributed by atoms with van der Waals surface area (Å²) in [6, 6.07) is -1.68. The number of hydrogen-bond acceptors (Lipinski definition) is 6. The molecule has 4 aliphatic rings. The zero-order valence-corrected chi connectivity index (χ0v) is 17.2. The Bertz CT molecular complexity index is 620. The maximum absolute atomic E-state index is 13.9. The Morgan fingerprint density at radius 1 is 0.806 bits per heavy atom. The van der Waals surface area contributed by atoms with Crippen LogP contribution in [0.1, 0.15) is 51.4 Å². The number of fused-ring (bicyclic) bond motifs is 7. The fraction of sp³-hybridized carbons (Fsp3) is 1.00. The topological polar surface area (TPSA) is 74.6 Å². The van der Waals surface area contributed by atoms with Crippen molar-refractivity contribution in [3.8, 4) is 0 Å². The molecule has 4 heterocycles. The van der Waals surface area contributed by atoms with Gasteiger partial charge in [-0.1, -0.05) is 19.3 Å². The highest BCUT2D eigenvalue weighted by molar-refractivity contribution is 5.02. The second-order valence-corrected chi connectivity index (χ2v) is 9.27. The number of piperidine rings is 1. The Balaban J connectivity index is 1.61. The zero-order chi connectivity index (χ0) is 22.4. The molecule has 180 valence electrons. The Morgan fingerprint density at radius 3 is 2.16 bits per heavy atom. The van der Waals surface area contributed by atoms with Gasteiger partial charge in [-0.2, -0.15) is 26.3 Å². The number of hydrogen-bond donors (Lipinski definition) is 4. The summed E-state index contributed by atoms with van der Waals surface area (Å²) in [6.45, 7) is 0.562. The largest absolute Gasteiger partial charge is 0.395 e. The van der Waals surface area contributed by atoms with E-state index in [4.69, 9.17) is 10.5 Å². The number of nitrogens with zero attached hydrogens (tertiary/aromatic N) is 1. The van der Waals surface area contributed by atoms with Crippen molar-refractivity contribution in [1.29, 1.82) is 0 Å². The molecule has 4 aliphatic heterocycles. The Labute approximate surface area is 177 Å². The summed E-state index contributed by atoms with van der Waals surface area (Å²) in [5, 5.41) is 3.04. The van der Waals surface area contributed by atoms with Crippen LogP contribution < -0.4 is 21.9 Å². The van der Waals surface area contributed by atoms with Crippen LogP contribution in [-0.2, 0) is 4.74 Å². The van der Waals surface area contributed by atoms with E-state index in [0.29, 0.717) is 32.2 Å². The van der Waals surface area contributed by atoms with Crippen LogP contribution in [0.2, 0.25) is 0 Å². The molecule has 0 amide bonds. The second kappa shape index (κ2) is 8.94. The molecule has 12 heteroatoms. The molecule has 4 fully saturated rings. The van der Waals surface area contributed by atoms with Gasteiger partial charge in [0.1, 0.15) is 12.5 Å². The molecule has 0 radical (unpaired) electrons. The Kier molecular flexibility index (Phi) is 6.78. The minimum atomic E-state index is -4.44. The van der Waals surface area contributed by atoms with Gasteiger partial charge in [-0.15, -0.1) is 0 Å². The summed E-state index contributed by atoms with van der Waals surface area (Å²) >= 11 is 0. The summed E-state index contributed by atoms with van der Waals surface area (Å²) < 4.78 is 88.3. The maximum Gasteiger partial charge on any atom is 0.395 e. The van der Waals surface area contributed by atoms with Crippen LogP contribution in [0.15, 0.2) is 0 Å². The van der Waals surface area contributed by atoms with Gasteiger partial charge in [-0.25, -0.2) is 10.9 Å². The average molecular weight is 459 g/mol. The van der Waals surface area contributed by atoms with E-state index in [1.54, 1.807) is 0 Å². The number of alkyl halides is 6. The van der Waals surface area contributed by atoms with Crippen molar-refractivity contribution in [3.63, 3.8) is 0 Å². The van der Waals surface area contributed by atoms with Crippen LogP contribution in [0.4, 0.5) is 26.3 Å². The lowest BCUT2D eigenvalue weighted by Crippen LogP contribution is -2.70. The molecule has 0 aromatic carbocycles. The molecule has 0 spiro atoms. The first-order valence-corrected chi connectivity index (χ1v) is 11.1. The van der Waals surface area contributed by atoms with Gasteiger partial charge >= 0.3 is 12.4 Å². The number of rotatable bonds is 0. The molecule has 6 unspecified atom stereocenters. The van der Waals surface area contributed by atoms with Gasteiger partial charge in [0.2, 0.25) is 0 Å². The number of halogens is 6. The third-order valence-electron chi connectivity index (χ3n) is 7.26. The van der Waals surface area contributed by atoms with Gasteiger partial charge in [0.25, 0.3) is 0 Å². The number of ether oxygens (including phenoxy) is 1. The number of nitrogens with two attached hydrogens (primary N) is 1. The molecule has 6 nitrogen and oxygen atoms in total. The summed E-state index contributed by atoms with van der Waals surface area (Å²) in [4.78, 5) is 1.90. The zero-order valence-electron chi connectivity index (χ0n) is 17.2. The number of hydrazine groups is 1. The highest BCUT2D eigenvalue weighted by Crippen LogP contribution is 2.41. The van der Waals surface area contributed by atoms with Crippen LogP contribution >= 0.6 is 0 Å². The summed E-state index contributed by atoms with van der Waals surface area (Å²) in [6.07, 6.45) is -8.48. The molecule has 0 aromatic rings. The average Bonchev–Trinajstić information content (AvgIpc) is 3.31. The van der Waals surface area contributed by atoms with Crippen LogP contribution in [0, 0.1) is 11.8 Å². The van der Waals surface area contributed by atoms with E-state index < -0.39 is 54.9 Å². The summed E-state index contributed by atoms with van der Waals surface area (Å²) in [5.41, 5.74) is 11.4. The standard InChI is InChI=1S/C19H31F6N5O/c20-18(21,22)11-7-3-1-2-5-10-6-4-8-30(10)15-12(19(23,24)25)9-13(26)14(27-15)17-29-28-16(11)31-17/h10-17,27-29H,1-9,26H2/t10-,11-,12?,13?,14?,15?,16?,17?/m1/s1. The third kappa shape index (κ3) is 4.98. The Hall–Kier alpha value is -0.660. The van der Waals surface area contributed by atoms with Gasteiger partial charge in [-0.3, -0.25) is 10.2 Å². The monoisotopic (exact) mass is 459 g/mol. The van der Waals surface area contributed by atoms with Crippen molar-refractivity contribution in [2.45, 2.75) is 100 Å². The van der Waals surface area contributed by atoms with Crippen LogP contribution in [0.25, 0.3) is 0 Å². The molecule has 0 aliphatic carbocycles. The molecule has 31 heavy (non-hydrogen) atoms. The quantitative estimate of drug-likeness (QED) is 0.418. The maximum atomic E-state index is 13.9. The van der Waals surface area contributed by atoms with Crippen molar-refractivity contribution in [2.75, 3.05) is 6.54 Å². The summed E-state index contributed by atoms with van der Waals surface area (Å²) in [5.74, 6) is -3.34. The van der Waals surface area contributed by atoms with Crippen molar-refractivity contribution < 1.29 is 31.1 Å². The van der Waals surface area contributed by atoms with Crippen molar-refractivity contribution >= 4 is 0 Å². The third-order valence-corrected chi connectivity index (χ3v) is 7.26. The first kappa shape index (κ1) is 23.5. The second-order valence-electron chi connectivity index (χ2n) is 9.27. The molecule has 4 rings (SSSR count). The van der Waals surface area contributed by atoms with Crippen molar-refractivity contribution in [3.05, 3.63) is 0 Å². The lowest BCUT2D eigenvalue weighted by molar-refractivity contribution is -0.219. The summed E-state index contributed by atoms with van der Waals surface area (Å²) in [7, 11) is 0. The first-order chi connectivity index (χ1) is 14.6.